The summed E-state index contributed by atoms with van der Waals surface area (Å²) in [6, 6.07) is 9.44. The number of aryl methyl sites for hydroxylation is 1. The number of rotatable bonds is 4. The average molecular weight is 399 g/mol. The molecular weight excluding hydrogens is 381 g/mol. The van der Waals surface area contributed by atoms with Crippen LogP contribution in [-0.2, 0) is 4.79 Å². The molecule has 0 spiro atoms. The van der Waals surface area contributed by atoms with E-state index in [0.717, 1.165) is 17.0 Å². The molecule has 0 saturated carbocycles. The molecule has 4 rings (SSSR count). The van der Waals surface area contributed by atoms with Gasteiger partial charge < -0.3 is 10.2 Å². The molecule has 1 fully saturated rings. The van der Waals surface area contributed by atoms with Crippen LogP contribution in [0.15, 0.2) is 36.4 Å². The molecule has 1 saturated heterocycles. The molecule has 0 unspecified atom stereocenters. The van der Waals surface area contributed by atoms with Crippen molar-refractivity contribution in [3.63, 3.8) is 0 Å². The summed E-state index contributed by atoms with van der Waals surface area (Å²) in [6.07, 6.45) is 1.15. The summed E-state index contributed by atoms with van der Waals surface area (Å²) in [4.78, 5) is 27.6. The van der Waals surface area contributed by atoms with Crippen LogP contribution in [0.4, 0.5) is 26.4 Å². The van der Waals surface area contributed by atoms with Crippen LogP contribution in [0.25, 0.3) is 10.6 Å². The van der Waals surface area contributed by atoms with Crippen LogP contribution >= 0.6 is 11.3 Å². The van der Waals surface area contributed by atoms with E-state index in [-0.39, 0.29) is 17.3 Å². The Kier molecular flexibility index (Phi) is 4.82. The summed E-state index contributed by atoms with van der Waals surface area (Å²) in [5.41, 5.74) is 1.32. The Bertz CT molecular complexity index is 1040. The largest absolute Gasteiger partial charge is 0.324 e. The molecule has 1 aliphatic rings. The molecule has 2 aromatic heterocycles. The van der Waals surface area contributed by atoms with Crippen molar-refractivity contribution in [1.29, 1.82) is 0 Å². The van der Waals surface area contributed by atoms with Crippen molar-refractivity contribution in [1.82, 2.24) is 10.2 Å². The van der Waals surface area contributed by atoms with Crippen LogP contribution in [0.3, 0.4) is 0 Å². The lowest BCUT2D eigenvalue weighted by Crippen LogP contribution is -2.25. The van der Waals surface area contributed by atoms with Gasteiger partial charge in [-0.2, -0.15) is 5.10 Å². The number of nitrogens with one attached hydrogen (secondary N) is 3. The monoisotopic (exact) mass is 399 g/mol. The summed E-state index contributed by atoms with van der Waals surface area (Å²) in [5.74, 6) is -0.283. The van der Waals surface area contributed by atoms with Crippen LogP contribution in [-0.4, -0.2) is 28.7 Å². The number of nitrogens with zero attached hydrogens (tertiary/aromatic N) is 2. The van der Waals surface area contributed by atoms with Gasteiger partial charge in [0.15, 0.2) is 5.82 Å². The van der Waals surface area contributed by atoms with E-state index >= 15 is 0 Å². The molecule has 0 bridgehead atoms. The number of carbonyl (C=O) groups excluding carboxylic acids is 2. The second-order valence-electron chi connectivity index (χ2n) is 6.47. The lowest BCUT2D eigenvalue weighted by atomic mass is 10.2. The minimum Gasteiger partial charge on any atom is -0.310 e. The zero-order valence-corrected chi connectivity index (χ0v) is 15.9. The molecule has 3 amide bonds. The molecule has 9 heteroatoms. The third kappa shape index (κ3) is 3.74. The zero-order valence-electron chi connectivity index (χ0n) is 15.1. The number of hydrogen-bond donors (Lipinski definition) is 3. The number of urea groups is 1. The van der Waals surface area contributed by atoms with E-state index in [2.05, 4.69) is 20.8 Å². The normalized spacial score (nSPS) is 13.8. The highest BCUT2D eigenvalue weighted by molar-refractivity contribution is 7.15. The lowest BCUT2D eigenvalue weighted by Gasteiger charge is -2.17. The first-order valence-corrected chi connectivity index (χ1v) is 9.61. The fraction of sp³-hybridized carbons (Fsp3) is 0.211. The summed E-state index contributed by atoms with van der Waals surface area (Å²) in [5, 5.41) is 12.1. The van der Waals surface area contributed by atoms with Gasteiger partial charge in [0, 0.05) is 29.6 Å². The Morgan fingerprint density at radius 3 is 2.79 bits per heavy atom. The Morgan fingerprint density at radius 1 is 1.25 bits per heavy atom. The van der Waals surface area contributed by atoms with Crippen molar-refractivity contribution in [2.24, 2.45) is 0 Å². The van der Waals surface area contributed by atoms with Crippen LogP contribution < -0.4 is 15.5 Å². The van der Waals surface area contributed by atoms with Gasteiger partial charge in [-0.25, -0.2) is 9.18 Å². The van der Waals surface area contributed by atoms with Crippen molar-refractivity contribution in [2.75, 3.05) is 22.1 Å². The van der Waals surface area contributed by atoms with Crippen molar-refractivity contribution in [2.45, 2.75) is 19.8 Å². The van der Waals surface area contributed by atoms with Crippen LogP contribution in [0, 0.1) is 12.7 Å². The van der Waals surface area contributed by atoms with E-state index < -0.39 is 11.8 Å². The maximum Gasteiger partial charge on any atom is 0.324 e. The highest BCUT2D eigenvalue weighted by atomic mass is 32.1. The van der Waals surface area contributed by atoms with Gasteiger partial charge in [-0.3, -0.25) is 15.2 Å². The third-order valence-corrected chi connectivity index (χ3v) is 5.43. The van der Waals surface area contributed by atoms with Crippen molar-refractivity contribution in [3.05, 3.63) is 47.1 Å². The molecule has 3 N–H and O–H groups in total. The van der Waals surface area contributed by atoms with Crippen molar-refractivity contribution in [3.8, 4) is 10.6 Å². The van der Waals surface area contributed by atoms with E-state index in [4.69, 9.17) is 0 Å². The summed E-state index contributed by atoms with van der Waals surface area (Å²) >= 11 is 1.62. The van der Waals surface area contributed by atoms with Gasteiger partial charge >= 0.3 is 6.03 Å². The predicted octanol–water partition coefficient (Wildman–Crippen LogP) is 4.36. The minimum atomic E-state index is -0.553. The molecule has 1 aromatic carbocycles. The molecule has 28 heavy (non-hydrogen) atoms. The zero-order chi connectivity index (χ0) is 19.7. The van der Waals surface area contributed by atoms with E-state index in [0.29, 0.717) is 18.8 Å². The number of benzene rings is 1. The molecule has 0 radical (unpaired) electrons. The smallest absolute Gasteiger partial charge is 0.310 e. The average Bonchev–Trinajstić information content (AvgIpc) is 3.37. The van der Waals surface area contributed by atoms with Gasteiger partial charge in [-0.15, -0.1) is 11.3 Å². The Labute approximate surface area is 164 Å². The van der Waals surface area contributed by atoms with Crippen LogP contribution in [0.1, 0.15) is 17.7 Å². The molecule has 1 aliphatic heterocycles. The fourth-order valence-corrected chi connectivity index (χ4v) is 3.91. The van der Waals surface area contributed by atoms with Gasteiger partial charge in [0.25, 0.3) is 0 Å². The molecule has 7 nitrogen and oxygen atoms in total. The van der Waals surface area contributed by atoms with E-state index in [9.17, 15) is 14.0 Å². The number of carbonyl (C=O) groups is 2. The van der Waals surface area contributed by atoms with Crippen LogP contribution in [0.5, 0.6) is 0 Å². The molecule has 0 aliphatic carbocycles. The SMILES string of the molecule is Cc1ccc(-c2cc(NC(=O)Nc3ccc(N4CCCC4=O)c(F)c3)n[nH]2)s1. The van der Waals surface area contributed by atoms with Crippen LogP contribution in [0.2, 0.25) is 0 Å². The van der Waals surface area contributed by atoms with Gasteiger partial charge in [0.05, 0.1) is 16.3 Å². The van der Waals surface area contributed by atoms with Crippen molar-refractivity contribution < 1.29 is 14.0 Å². The number of anilines is 3. The summed E-state index contributed by atoms with van der Waals surface area (Å²) < 4.78 is 14.4. The lowest BCUT2D eigenvalue weighted by molar-refractivity contribution is -0.117. The number of hydrogen-bond acceptors (Lipinski definition) is 4. The van der Waals surface area contributed by atoms with Crippen molar-refractivity contribution >= 4 is 40.5 Å². The quantitative estimate of drug-likeness (QED) is 0.609. The second kappa shape index (κ2) is 7.43. The first kappa shape index (κ1) is 18.2. The topological polar surface area (TPSA) is 90.1 Å². The Morgan fingerprint density at radius 2 is 2.11 bits per heavy atom. The minimum absolute atomic E-state index is 0.0902. The number of thiophene rings is 1. The molecular formula is C19H18FN5O2S. The third-order valence-electron chi connectivity index (χ3n) is 4.40. The molecule has 3 heterocycles. The highest BCUT2D eigenvalue weighted by Gasteiger charge is 2.24. The van der Waals surface area contributed by atoms with Gasteiger partial charge in [-0.1, -0.05) is 0 Å². The van der Waals surface area contributed by atoms with E-state index in [1.807, 2.05) is 19.1 Å². The number of aromatic nitrogens is 2. The van der Waals surface area contributed by atoms with Gasteiger partial charge in [0.1, 0.15) is 5.82 Å². The fourth-order valence-electron chi connectivity index (χ4n) is 3.08. The van der Waals surface area contributed by atoms with Gasteiger partial charge in [-0.05, 0) is 43.7 Å². The summed E-state index contributed by atoms with van der Waals surface area (Å²) in [7, 11) is 0. The number of aromatic amines is 1. The van der Waals surface area contributed by atoms with E-state index in [1.54, 1.807) is 23.5 Å². The Hall–Kier alpha value is -3.20. The number of amides is 3. The molecule has 3 aromatic rings. The standard InChI is InChI=1S/C19H18FN5O2S/c1-11-4-7-16(28-11)14-10-17(24-23-14)22-19(27)21-12-5-6-15(13(20)9-12)25-8-2-3-18(25)26/h4-7,9-10H,2-3,8H2,1H3,(H3,21,22,23,24,27). The Balaban J connectivity index is 1.41. The molecule has 0 atom stereocenters. The maximum absolute atomic E-state index is 14.4. The number of halogens is 1. The molecule has 144 valence electrons. The maximum atomic E-state index is 14.4. The second-order valence-corrected chi connectivity index (χ2v) is 7.76. The summed E-state index contributed by atoms with van der Waals surface area (Å²) in [6.45, 7) is 2.52. The predicted molar refractivity (Wildman–Crippen MR) is 107 cm³/mol. The van der Waals surface area contributed by atoms with E-state index in [1.165, 1.54) is 21.9 Å². The first-order chi connectivity index (χ1) is 13.5. The van der Waals surface area contributed by atoms with Gasteiger partial charge in [0.2, 0.25) is 5.91 Å². The highest BCUT2D eigenvalue weighted by Crippen LogP contribution is 2.28. The number of H-pyrrole nitrogens is 1. The first-order valence-electron chi connectivity index (χ1n) is 8.80.